The van der Waals surface area contributed by atoms with Crippen LogP contribution < -0.4 is 15.6 Å². The molecule has 2 saturated heterocycles. The van der Waals surface area contributed by atoms with Gasteiger partial charge in [0.1, 0.15) is 11.8 Å². The Hall–Kier alpha value is -2.22. The molecule has 28 heavy (non-hydrogen) atoms. The Morgan fingerprint density at radius 1 is 1.36 bits per heavy atom. The average molecular weight is 406 g/mol. The Kier molecular flexibility index (Phi) is 5.88. The van der Waals surface area contributed by atoms with Crippen LogP contribution in [0.3, 0.4) is 0 Å². The number of aryl methyl sites for hydroxylation is 1. The van der Waals surface area contributed by atoms with E-state index in [-0.39, 0.29) is 29.2 Å². The molecule has 0 spiro atoms. The second-order valence-electron chi connectivity index (χ2n) is 7.79. The Morgan fingerprint density at radius 2 is 2.11 bits per heavy atom. The zero-order valence-electron chi connectivity index (χ0n) is 16.7. The van der Waals surface area contributed by atoms with Crippen molar-refractivity contribution in [3.63, 3.8) is 0 Å². The second-order valence-corrected chi connectivity index (χ2v) is 9.29. The van der Waals surface area contributed by atoms with Crippen molar-refractivity contribution < 1.29 is 19.1 Å². The molecule has 2 fully saturated rings. The van der Waals surface area contributed by atoms with Crippen molar-refractivity contribution >= 4 is 29.5 Å². The summed E-state index contributed by atoms with van der Waals surface area (Å²) in [5.41, 5.74) is 6.90. The molecule has 2 N–H and O–H groups in total. The third-order valence-electron chi connectivity index (χ3n) is 5.22. The van der Waals surface area contributed by atoms with Crippen LogP contribution >= 0.6 is 11.8 Å². The van der Waals surface area contributed by atoms with Gasteiger partial charge in [0.05, 0.1) is 4.87 Å². The summed E-state index contributed by atoms with van der Waals surface area (Å²) in [4.78, 5) is 38.0. The standard InChI is InChI=1S/C20H27N3O4S/c1-12(2)14-6-5-13(3)9-16(14)27-10-17(24)21-22-19(26)15-11-28-20(4)8-7-18(25)23(15)20/h5-6,9,12,15H,7-8,10-11H2,1-4H3,(H,21,24)(H,22,26)/t15-,20+/m1/s1. The molecule has 0 bridgehead atoms. The van der Waals surface area contributed by atoms with Gasteiger partial charge in [-0.2, -0.15) is 0 Å². The number of hydrogen-bond acceptors (Lipinski definition) is 5. The number of ether oxygens (including phenoxy) is 1. The highest BCUT2D eigenvalue weighted by Gasteiger charge is 2.52. The Bertz CT molecular complexity index is 798. The maximum atomic E-state index is 12.5. The zero-order chi connectivity index (χ0) is 20.5. The Balaban J connectivity index is 1.52. The number of carbonyl (C=O) groups is 3. The van der Waals surface area contributed by atoms with Crippen molar-refractivity contribution in [2.24, 2.45) is 0 Å². The predicted octanol–water partition coefficient (Wildman–Crippen LogP) is 2.10. The zero-order valence-corrected chi connectivity index (χ0v) is 17.5. The summed E-state index contributed by atoms with van der Waals surface area (Å²) in [5, 5.41) is 0. The summed E-state index contributed by atoms with van der Waals surface area (Å²) in [7, 11) is 0. The first-order chi connectivity index (χ1) is 13.2. The highest BCUT2D eigenvalue weighted by Crippen LogP contribution is 2.47. The molecular formula is C20H27N3O4S. The summed E-state index contributed by atoms with van der Waals surface area (Å²) in [6.45, 7) is 7.86. The highest BCUT2D eigenvalue weighted by molar-refractivity contribution is 8.01. The van der Waals surface area contributed by atoms with E-state index in [1.807, 2.05) is 32.0 Å². The topological polar surface area (TPSA) is 87.7 Å². The number of hydrogen-bond donors (Lipinski definition) is 2. The SMILES string of the molecule is Cc1ccc(C(C)C)c(OCC(=O)NNC(=O)[C@H]2CS[C@@]3(C)CCC(=O)N23)c1. The first kappa shape index (κ1) is 20.5. The lowest BCUT2D eigenvalue weighted by Crippen LogP contribution is -2.54. The third-order valence-corrected chi connectivity index (χ3v) is 6.73. The number of fused-ring (bicyclic) bond motifs is 1. The van der Waals surface area contributed by atoms with Gasteiger partial charge < -0.3 is 9.64 Å². The molecule has 1 aromatic carbocycles. The molecule has 0 saturated carbocycles. The fourth-order valence-corrected chi connectivity index (χ4v) is 5.08. The third kappa shape index (κ3) is 4.11. The van der Waals surface area contributed by atoms with Crippen molar-refractivity contribution in [3.8, 4) is 5.75 Å². The molecule has 0 aromatic heterocycles. The lowest BCUT2D eigenvalue weighted by molar-refractivity contribution is -0.139. The van der Waals surface area contributed by atoms with E-state index < -0.39 is 11.9 Å². The number of nitrogens with zero attached hydrogens (tertiary/aromatic N) is 1. The molecule has 0 radical (unpaired) electrons. The van der Waals surface area contributed by atoms with Crippen LogP contribution in [0.25, 0.3) is 0 Å². The molecule has 2 aliphatic rings. The van der Waals surface area contributed by atoms with Crippen LogP contribution in [0.5, 0.6) is 5.75 Å². The molecule has 3 amide bonds. The van der Waals surface area contributed by atoms with Gasteiger partial charge in [-0.1, -0.05) is 26.0 Å². The fourth-order valence-electron chi connectivity index (χ4n) is 3.65. The van der Waals surface area contributed by atoms with Gasteiger partial charge in [0.15, 0.2) is 6.61 Å². The van der Waals surface area contributed by atoms with Gasteiger partial charge >= 0.3 is 0 Å². The monoisotopic (exact) mass is 405 g/mol. The van der Waals surface area contributed by atoms with Crippen molar-refractivity contribution in [1.29, 1.82) is 0 Å². The molecule has 7 nitrogen and oxygen atoms in total. The van der Waals surface area contributed by atoms with Gasteiger partial charge in [-0.05, 0) is 43.4 Å². The number of amides is 3. The van der Waals surface area contributed by atoms with Crippen molar-refractivity contribution in [3.05, 3.63) is 29.3 Å². The predicted molar refractivity (Wildman–Crippen MR) is 108 cm³/mol. The minimum absolute atomic E-state index is 0.0111. The van der Waals surface area contributed by atoms with E-state index in [4.69, 9.17) is 4.74 Å². The molecule has 3 rings (SSSR count). The quantitative estimate of drug-likeness (QED) is 0.733. The molecule has 2 heterocycles. The van der Waals surface area contributed by atoms with Crippen LogP contribution in [0.4, 0.5) is 0 Å². The van der Waals surface area contributed by atoms with Crippen LogP contribution in [0.2, 0.25) is 0 Å². The summed E-state index contributed by atoms with van der Waals surface area (Å²) < 4.78 is 5.67. The number of benzene rings is 1. The van der Waals surface area contributed by atoms with Gasteiger partial charge in [-0.25, -0.2) is 0 Å². The molecule has 0 aliphatic carbocycles. The lowest BCUT2D eigenvalue weighted by atomic mass is 10.0. The molecule has 1 aromatic rings. The van der Waals surface area contributed by atoms with Crippen LogP contribution in [-0.4, -0.2) is 45.9 Å². The van der Waals surface area contributed by atoms with Crippen LogP contribution in [0.15, 0.2) is 18.2 Å². The minimum atomic E-state index is -0.560. The van der Waals surface area contributed by atoms with Crippen LogP contribution in [0.1, 0.15) is 50.7 Å². The molecule has 8 heteroatoms. The van der Waals surface area contributed by atoms with Crippen LogP contribution in [0, 0.1) is 6.92 Å². The van der Waals surface area contributed by atoms with E-state index >= 15 is 0 Å². The minimum Gasteiger partial charge on any atom is -0.483 e. The highest BCUT2D eigenvalue weighted by atomic mass is 32.2. The van der Waals surface area contributed by atoms with Gasteiger partial charge in [0.25, 0.3) is 11.8 Å². The smallest absolute Gasteiger partial charge is 0.276 e. The first-order valence-electron chi connectivity index (χ1n) is 9.49. The van der Waals surface area contributed by atoms with E-state index in [9.17, 15) is 14.4 Å². The van der Waals surface area contributed by atoms with Gasteiger partial charge in [0.2, 0.25) is 5.91 Å². The van der Waals surface area contributed by atoms with Crippen LogP contribution in [-0.2, 0) is 14.4 Å². The van der Waals surface area contributed by atoms with E-state index in [1.54, 1.807) is 16.7 Å². The van der Waals surface area contributed by atoms with Gasteiger partial charge in [0, 0.05) is 12.2 Å². The number of rotatable bonds is 5. The van der Waals surface area contributed by atoms with Crippen molar-refractivity contribution in [2.75, 3.05) is 12.4 Å². The number of carbonyl (C=O) groups excluding carboxylic acids is 3. The Morgan fingerprint density at radius 3 is 2.82 bits per heavy atom. The second kappa shape index (κ2) is 8.03. The normalized spacial score (nSPS) is 23.7. The van der Waals surface area contributed by atoms with Crippen molar-refractivity contribution in [1.82, 2.24) is 15.8 Å². The lowest BCUT2D eigenvalue weighted by Gasteiger charge is -2.29. The molecule has 2 atom stereocenters. The summed E-state index contributed by atoms with van der Waals surface area (Å²) in [5.74, 6) is 0.626. The van der Waals surface area contributed by atoms with E-state index in [0.29, 0.717) is 17.9 Å². The molecule has 152 valence electrons. The molecule has 2 aliphatic heterocycles. The number of nitrogens with one attached hydrogen (secondary N) is 2. The van der Waals surface area contributed by atoms with E-state index in [0.717, 1.165) is 17.5 Å². The molecular weight excluding hydrogens is 378 g/mol. The maximum Gasteiger partial charge on any atom is 0.276 e. The van der Waals surface area contributed by atoms with Gasteiger partial charge in [-0.3, -0.25) is 25.2 Å². The van der Waals surface area contributed by atoms with Crippen molar-refractivity contribution in [2.45, 2.75) is 57.4 Å². The summed E-state index contributed by atoms with van der Waals surface area (Å²) in [6.07, 6.45) is 1.21. The van der Waals surface area contributed by atoms with Gasteiger partial charge in [-0.15, -0.1) is 11.8 Å². The average Bonchev–Trinajstić information content (AvgIpc) is 3.13. The molecule has 0 unspecified atom stereocenters. The summed E-state index contributed by atoms with van der Waals surface area (Å²) in [6, 6.07) is 5.35. The first-order valence-corrected chi connectivity index (χ1v) is 10.5. The largest absolute Gasteiger partial charge is 0.483 e. The Labute approximate surface area is 169 Å². The maximum absolute atomic E-state index is 12.5. The number of hydrazine groups is 1. The van der Waals surface area contributed by atoms with E-state index in [1.165, 1.54) is 0 Å². The number of thioether (sulfide) groups is 1. The van der Waals surface area contributed by atoms with E-state index in [2.05, 4.69) is 24.7 Å². The fraction of sp³-hybridized carbons (Fsp3) is 0.550. The summed E-state index contributed by atoms with van der Waals surface area (Å²) >= 11 is 1.61.